The van der Waals surface area contributed by atoms with E-state index in [-0.39, 0.29) is 24.0 Å². The van der Waals surface area contributed by atoms with Crippen molar-refractivity contribution in [1.29, 1.82) is 0 Å². The number of halogens is 1. The van der Waals surface area contributed by atoms with E-state index < -0.39 is 0 Å². The van der Waals surface area contributed by atoms with Gasteiger partial charge in [0, 0.05) is 30.6 Å². The van der Waals surface area contributed by atoms with E-state index in [0.717, 1.165) is 31.5 Å². The second-order valence-corrected chi connectivity index (χ2v) is 8.15. The Bertz CT molecular complexity index is 490. The van der Waals surface area contributed by atoms with Crippen molar-refractivity contribution in [3.8, 4) is 0 Å². The molecule has 2 rings (SSSR count). The van der Waals surface area contributed by atoms with Gasteiger partial charge in [-0.25, -0.2) is 0 Å². The average molecular weight is 478 g/mol. The summed E-state index contributed by atoms with van der Waals surface area (Å²) < 4.78 is 0. The van der Waals surface area contributed by atoms with Gasteiger partial charge in [-0.05, 0) is 63.1 Å². The fourth-order valence-electron chi connectivity index (χ4n) is 3.39. The number of nitrogens with zero attached hydrogens (tertiary/aromatic N) is 2. The first-order valence-electron chi connectivity index (χ1n) is 9.37. The zero-order chi connectivity index (χ0) is 17.4. The van der Waals surface area contributed by atoms with Gasteiger partial charge in [-0.3, -0.25) is 9.89 Å². The lowest BCUT2D eigenvalue weighted by atomic mass is 9.88. The van der Waals surface area contributed by atoms with E-state index in [1.807, 2.05) is 11.3 Å². The van der Waals surface area contributed by atoms with Crippen molar-refractivity contribution < 1.29 is 0 Å². The molecule has 4 nitrogen and oxygen atoms in total. The Morgan fingerprint density at radius 2 is 2.20 bits per heavy atom. The minimum atomic E-state index is 0. The highest BCUT2D eigenvalue weighted by molar-refractivity contribution is 14.0. The highest BCUT2D eigenvalue weighted by atomic mass is 127. The van der Waals surface area contributed by atoms with Crippen LogP contribution in [0.4, 0.5) is 0 Å². The second-order valence-electron chi connectivity index (χ2n) is 7.17. The molecule has 6 heteroatoms. The van der Waals surface area contributed by atoms with E-state index in [9.17, 15) is 0 Å². The minimum absolute atomic E-state index is 0. The third-order valence-corrected chi connectivity index (χ3v) is 5.63. The molecular formula is C19H35IN4S. The molecule has 0 bridgehead atoms. The van der Waals surface area contributed by atoms with E-state index in [1.165, 1.54) is 30.7 Å². The van der Waals surface area contributed by atoms with Crippen LogP contribution >= 0.6 is 35.3 Å². The van der Waals surface area contributed by atoms with Crippen molar-refractivity contribution in [1.82, 2.24) is 15.5 Å². The number of hydrogen-bond donors (Lipinski definition) is 2. The largest absolute Gasteiger partial charge is 0.357 e. The van der Waals surface area contributed by atoms with E-state index in [4.69, 9.17) is 4.99 Å². The molecule has 1 aromatic heterocycles. The zero-order valence-corrected chi connectivity index (χ0v) is 19.3. The number of piperidine rings is 1. The van der Waals surface area contributed by atoms with Crippen LogP contribution in [0.1, 0.15) is 51.0 Å². The summed E-state index contributed by atoms with van der Waals surface area (Å²) in [7, 11) is 2.26. The molecule has 1 saturated heterocycles. The lowest BCUT2D eigenvalue weighted by Crippen LogP contribution is -2.40. The SMILES string of the molecule is CCNC(=NCC1CCCN(C)C1c1cccs1)NCCC(C)C.I. The van der Waals surface area contributed by atoms with E-state index in [0.29, 0.717) is 12.0 Å². The molecule has 2 heterocycles. The molecule has 144 valence electrons. The van der Waals surface area contributed by atoms with Gasteiger partial charge < -0.3 is 10.6 Å². The third-order valence-electron chi connectivity index (χ3n) is 4.68. The Hall–Kier alpha value is -0.340. The van der Waals surface area contributed by atoms with Crippen molar-refractivity contribution in [3.05, 3.63) is 22.4 Å². The van der Waals surface area contributed by atoms with Crippen LogP contribution in [0.3, 0.4) is 0 Å². The second kappa shape index (κ2) is 12.1. The molecule has 0 aliphatic carbocycles. The lowest BCUT2D eigenvalue weighted by molar-refractivity contribution is 0.128. The summed E-state index contributed by atoms with van der Waals surface area (Å²) in [6, 6.07) is 4.96. The molecule has 25 heavy (non-hydrogen) atoms. The summed E-state index contributed by atoms with van der Waals surface area (Å²) in [5.41, 5.74) is 0. The number of guanidine groups is 1. The summed E-state index contributed by atoms with van der Waals surface area (Å²) in [6.07, 6.45) is 3.71. The number of likely N-dealkylation sites (tertiary alicyclic amines) is 1. The molecule has 2 N–H and O–H groups in total. The van der Waals surface area contributed by atoms with Crippen molar-refractivity contribution in [3.63, 3.8) is 0 Å². The fourth-order valence-corrected chi connectivity index (χ4v) is 4.37. The molecule has 2 unspecified atom stereocenters. The van der Waals surface area contributed by atoms with Crippen LogP contribution in [0.5, 0.6) is 0 Å². The van der Waals surface area contributed by atoms with Gasteiger partial charge in [-0.1, -0.05) is 19.9 Å². The maximum Gasteiger partial charge on any atom is 0.191 e. The quantitative estimate of drug-likeness (QED) is 0.348. The maximum atomic E-state index is 4.90. The summed E-state index contributed by atoms with van der Waals surface area (Å²) in [4.78, 5) is 8.89. The van der Waals surface area contributed by atoms with Gasteiger partial charge in [0.25, 0.3) is 0 Å². The van der Waals surface area contributed by atoms with Crippen LogP contribution in [-0.4, -0.2) is 44.1 Å². The molecule has 0 radical (unpaired) electrons. The summed E-state index contributed by atoms with van der Waals surface area (Å²) in [6.45, 7) is 10.6. The minimum Gasteiger partial charge on any atom is -0.357 e. The van der Waals surface area contributed by atoms with Crippen LogP contribution in [-0.2, 0) is 0 Å². The normalized spacial score (nSPS) is 21.9. The number of rotatable bonds is 7. The van der Waals surface area contributed by atoms with Gasteiger partial charge in [0.1, 0.15) is 0 Å². The Balaban J connectivity index is 0.00000312. The standard InChI is InChI=1S/C19H34N4S.HI/c1-5-20-19(21-11-10-15(2)3)22-14-16-8-6-12-23(4)18(16)17-9-7-13-24-17;/h7,9,13,15-16,18H,5-6,8,10-12,14H2,1-4H3,(H2,20,21,22);1H. The van der Waals surface area contributed by atoms with E-state index in [1.54, 1.807) is 0 Å². The van der Waals surface area contributed by atoms with Crippen LogP contribution < -0.4 is 10.6 Å². The van der Waals surface area contributed by atoms with Crippen molar-refractivity contribution >= 4 is 41.3 Å². The Morgan fingerprint density at radius 3 is 2.84 bits per heavy atom. The van der Waals surface area contributed by atoms with Gasteiger partial charge in [-0.15, -0.1) is 35.3 Å². The van der Waals surface area contributed by atoms with E-state index >= 15 is 0 Å². The molecule has 0 amide bonds. The number of thiophene rings is 1. The summed E-state index contributed by atoms with van der Waals surface area (Å²) in [5.74, 6) is 2.29. The molecule has 0 spiro atoms. The average Bonchev–Trinajstić information content (AvgIpc) is 3.06. The predicted octanol–water partition coefficient (Wildman–Crippen LogP) is 4.35. The van der Waals surface area contributed by atoms with Crippen molar-refractivity contribution in [2.24, 2.45) is 16.8 Å². The zero-order valence-electron chi connectivity index (χ0n) is 16.1. The summed E-state index contributed by atoms with van der Waals surface area (Å²) in [5, 5.41) is 9.06. The Morgan fingerprint density at radius 1 is 1.40 bits per heavy atom. The first kappa shape index (κ1) is 22.7. The van der Waals surface area contributed by atoms with Gasteiger partial charge in [0.05, 0.1) is 0 Å². The highest BCUT2D eigenvalue weighted by Gasteiger charge is 2.31. The number of hydrogen-bond acceptors (Lipinski definition) is 3. The molecule has 1 aliphatic rings. The van der Waals surface area contributed by atoms with E-state index in [2.05, 4.69) is 60.9 Å². The van der Waals surface area contributed by atoms with Gasteiger partial charge in [0.15, 0.2) is 5.96 Å². The van der Waals surface area contributed by atoms with Crippen LogP contribution in [0.2, 0.25) is 0 Å². The molecule has 1 aliphatic heterocycles. The molecule has 1 fully saturated rings. The monoisotopic (exact) mass is 478 g/mol. The highest BCUT2D eigenvalue weighted by Crippen LogP contribution is 2.37. The topological polar surface area (TPSA) is 39.7 Å². The predicted molar refractivity (Wildman–Crippen MR) is 121 cm³/mol. The molecule has 0 saturated carbocycles. The molecular weight excluding hydrogens is 443 g/mol. The Kier molecular flexibility index (Phi) is 11.0. The Labute approximate surface area is 174 Å². The number of nitrogens with one attached hydrogen (secondary N) is 2. The van der Waals surface area contributed by atoms with Crippen molar-refractivity contribution in [2.45, 2.75) is 46.1 Å². The molecule has 1 aromatic rings. The maximum absolute atomic E-state index is 4.90. The summed E-state index contributed by atoms with van der Waals surface area (Å²) >= 11 is 1.88. The van der Waals surface area contributed by atoms with Gasteiger partial charge in [-0.2, -0.15) is 0 Å². The van der Waals surface area contributed by atoms with Gasteiger partial charge in [0.2, 0.25) is 0 Å². The van der Waals surface area contributed by atoms with Crippen molar-refractivity contribution in [2.75, 3.05) is 33.2 Å². The molecule has 0 aromatic carbocycles. The first-order chi connectivity index (χ1) is 11.6. The first-order valence-corrected chi connectivity index (χ1v) is 10.3. The molecule has 2 atom stereocenters. The third kappa shape index (κ3) is 7.43. The fraction of sp³-hybridized carbons (Fsp3) is 0.737. The van der Waals surface area contributed by atoms with Crippen LogP contribution in [0.25, 0.3) is 0 Å². The van der Waals surface area contributed by atoms with Crippen LogP contribution in [0, 0.1) is 11.8 Å². The lowest BCUT2D eigenvalue weighted by Gasteiger charge is -2.38. The van der Waals surface area contributed by atoms with Crippen LogP contribution in [0.15, 0.2) is 22.5 Å². The van der Waals surface area contributed by atoms with Gasteiger partial charge >= 0.3 is 0 Å². The smallest absolute Gasteiger partial charge is 0.191 e. The number of aliphatic imine (C=N–C) groups is 1.